The van der Waals surface area contributed by atoms with Crippen LogP contribution in [0.15, 0.2) is 18.2 Å². The second kappa shape index (κ2) is 6.47. The average Bonchev–Trinajstić information content (AvgIpc) is 2.40. The Morgan fingerprint density at radius 2 is 1.90 bits per heavy atom. The van der Waals surface area contributed by atoms with Crippen LogP contribution in [0.4, 0.5) is 4.39 Å². The maximum atomic E-state index is 13.5. The molecule has 2 N–H and O–H groups in total. The van der Waals surface area contributed by atoms with Crippen LogP contribution in [-0.4, -0.2) is 35.2 Å². The lowest BCUT2D eigenvalue weighted by atomic mass is 9.75. The minimum absolute atomic E-state index is 0.0503. The quantitative estimate of drug-likeness (QED) is 0.833. The maximum absolute atomic E-state index is 13.5. The normalized spacial score (nSPS) is 19.0. The second-order valence-electron chi connectivity index (χ2n) is 7.04. The van der Waals surface area contributed by atoms with Crippen molar-refractivity contribution in [2.24, 2.45) is 5.41 Å². The maximum Gasteiger partial charge on any atom is 0.491 e. The number of nitrogens with zero attached hydrogens (tertiary/aromatic N) is 1. The molecule has 1 aromatic rings. The van der Waals surface area contributed by atoms with Gasteiger partial charge in [-0.1, -0.05) is 26.0 Å². The summed E-state index contributed by atoms with van der Waals surface area (Å²) in [6.45, 7) is 5.33. The van der Waals surface area contributed by atoms with Gasteiger partial charge in [0.05, 0.1) is 0 Å². The Morgan fingerprint density at radius 3 is 2.48 bits per heavy atom. The first-order valence-corrected chi connectivity index (χ1v) is 7.63. The first kappa shape index (κ1) is 16.5. The predicted molar refractivity (Wildman–Crippen MR) is 83.7 cm³/mol. The van der Waals surface area contributed by atoms with Gasteiger partial charge in [0, 0.05) is 18.0 Å². The topological polar surface area (TPSA) is 43.7 Å². The molecular formula is C16H25BFNO2. The van der Waals surface area contributed by atoms with Crippen molar-refractivity contribution in [3.8, 4) is 0 Å². The lowest BCUT2D eigenvalue weighted by Gasteiger charge is -2.38. The highest BCUT2D eigenvalue weighted by molar-refractivity contribution is 6.58. The fourth-order valence-corrected chi connectivity index (χ4v) is 3.13. The third-order valence-electron chi connectivity index (χ3n) is 4.70. The summed E-state index contributed by atoms with van der Waals surface area (Å²) in [5.74, 6) is -0.573. The molecule has 2 rings (SSSR count). The molecular weight excluding hydrogens is 268 g/mol. The molecule has 0 unspecified atom stereocenters. The van der Waals surface area contributed by atoms with Crippen LogP contribution < -0.4 is 5.46 Å². The van der Waals surface area contributed by atoms with Crippen LogP contribution in [-0.2, 0) is 6.54 Å². The van der Waals surface area contributed by atoms with Gasteiger partial charge in [0.15, 0.2) is 0 Å². The molecule has 1 aromatic carbocycles. The molecule has 21 heavy (non-hydrogen) atoms. The zero-order chi connectivity index (χ0) is 15.6. The van der Waals surface area contributed by atoms with E-state index in [1.165, 1.54) is 31.7 Å². The van der Waals surface area contributed by atoms with E-state index in [1.54, 1.807) is 12.1 Å². The summed E-state index contributed by atoms with van der Waals surface area (Å²) in [5, 5.41) is 18.3. The lowest BCUT2D eigenvalue weighted by Crippen LogP contribution is -2.37. The molecule has 0 spiro atoms. The number of benzene rings is 1. The number of hydrogen-bond acceptors (Lipinski definition) is 3. The Morgan fingerprint density at radius 1 is 1.29 bits per heavy atom. The van der Waals surface area contributed by atoms with Crippen LogP contribution in [0.25, 0.3) is 0 Å². The van der Waals surface area contributed by atoms with Crippen LogP contribution in [0.1, 0.15) is 45.1 Å². The van der Waals surface area contributed by atoms with Crippen LogP contribution in [0, 0.1) is 11.2 Å². The summed E-state index contributed by atoms with van der Waals surface area (Å²) in [6.07, 6.45) is 4.82. The Hall–Kier alpha value is -0.905. The Balaban J connectivity index is 2.00. The first-order chi connectivity index (χ1) is 9.78. The molecule has 116 valence electrons. The van der Waals surface area contributed by atoms with Crippen LogP contribution >= 0.6 is 0 Å². The van der Waals surface area contributed by atoms with Gasteiger partial charge in [-0.05, 0) is 49.8 Å². The van der Waals surface area contributed by atoms with Crippen LogP contribution in [0.3, 0.4) is 0 Å². The summed E-state index contributed by atoms with van der Waals surface area (Å²) in [4.78, 5) is 2.29. The average molecular weight is 293 g/mol. The van der Waals surface area contributed by atoms with E-state index in [9.17, 15) is 14.4 Å². The monoisotopic (exact) mass is 293 g/mol. The fraction of sp³-hybridized carbons (Fsp3) is 0.625. The van der Waals surface area contributed by atoms with Gasteiger partial charge < -0.3 is 10.0 Å². The largest absolute Gasteiger partial charge is 0.491 e. The minimum atomic E-state index is -1.76. The Labute approximate surface area is 126 Å². The standard InChI is InChI=1S/C16H25BFNO2/c1-16(2)8-6-13(7-9-16)19(3)11-12-4-5-15(18)14(10-12)17(20)21/h4-5,10,13,20-21H,6-9,11H2,1-3H3. The van der Waals surface area contributed by atoms with Crippen molar-refractivity contribution in [2.75, 3.05) is 7.05 Å². The van der Waals surface area contributed by atoms with Crippen molar-refractivity contribution < 1.29 is 14.4 Å². The van der Waals surface area contributed by atoms with Gasteiger partial charge in [-0.3, -0.25) is 4.90 Å². The van der Waals surface area contributed by atoms with E-state index in [0.29, 0.717) is 18.0 Å². The molecule has 5 heteroatoms. The van der Waals surface area contributed by atoms with E-state index in [-0.39, 0.29) is 5.46 Å². The first-order valence-electron chi connectivity index (χ1n) is 7.63. The molecule has 0 atom stereocenters. The van der Waals surface area contributed by atoms with Gasteiger partial charge >= 0.3 is 7.12 Å². The summed E-state index contributed by atoms with van der Waals surface area (Å²) in [5.41, 5.74) is 1.30. The van der Waals surface area contributed by atoms with E-state index in [1.807, 2.05) is 0 Å². The third kappa shape index (κ3) is 4.28. The fourth-order valence-electron chi connectivity index (χ4n) is 3.13. The highest BCUT2D eigenvalue weighted by Crippen LogP contribution is 2.36. The van der Waals surface area contributed by atoms with Gasteiger partial charge in [-0.2, -0.15) is 0 Å². The van der Waals surface area contributed by atoms with E-state index in [0.717, 1.165) is 5.56 Å². The SMILES string of the molecule is CN(Cc1ccc(F)c(B(O)O)c1)C1CCC(C)(C)CC1. The Bertz CT molecular complexity index is 483. The minimum Gasteiger partial charge on any atom is -0.423 e. The zero-order valence-corrected chi connectivity index (χ0v) is 13.1. The van der Waals surface area contributed by atoms with Crippen LogP contribution in [0.2, 0.25) is 0 Å². The van der Waals surface area contributed by atoms with Crippen molar-refractivity contribution in [3.63, 3.8) is 0 Å². The predicted octanol–water partition coefficient (Wildman–Crippen LogP) is 1.91. The van der Waals surface area contributed by atoms with Crippen LogP contribution in [0.5, 0.6) is 0 Å². The van der Waals surface area contributed by atoms with Gasteiger partial charge in [0.1, 0.15) is 5.82 Å². The second-order valence-corrected chi connectivity index (χ2v) is 7.04. The van der Waals surface area contributed by atoms with Crippen molar-refractivity contribution >= 4 is 12.6 Å². The molecule has 0 heterocycles. The van der Waals surface area contributed by atoms with Gasteiger partial charge in [-0.15, -0.1) is 0 Å². The smallest absolute Gasteiger partial charge is 0.423 e. The summed E-state index contributed by atoms with van der Waals surface area (Å²) < 4.78 is 13.5. The molecule has 0 saturated heterocycles. The summed E-state index contributed by atoms with van der Waals surface area (Å²) >= 11 is 0. The van der Waals surface area contributed by atoms with Gasteiger partial charge in [-0.25, -0.2) is 4.39 Å². The Kier molecular flexibility index (Phi) is 5.07. The molecule has 0 aromatic heterocycles. The van der Waals surface area contributed by atoms with Crippen molar-refractivity contribution in [1.29, 1.82) is 0 Å². The van der Waals surface area contributed by atoms with Crippen molar-refractivity contribution in [3.05, 3.63) is 29.6 Å². The molecule has 1 saturated carbocycles. The molecule has 0 bridgehead atoms. The lowest BCUT2D eigenvalue weighted by molar-refractivity contribution is 0.123. The molecule has 0 radical (unpaired) electrons. The number of rotatable bonds is 4. The number of hydrogen-bond donors (Lipinski definition) is 2. The van der Waals surface area contributed by atoms with Crippen molar-refractivity contribution in [2.45, 2.75) is 52.1 Å². The van der Waals surface area contributed by atoms with E-state index in [4.69, 9.17) is 0 Å². The van der Waals surface area contributed by atoms with E-state index < -0.39 is 12.9 Å². The highest BCUT2D eigenvalue weighted by atomic mass is 19.1. The molecule has 3 nitrogen and oxygen atoms in total. The van der Waals surface area contributed by atoms with Gasteiger partial charge in [0.2, 0.25) is 0 Å². The molecule has 1 aliphatic rings. The van der Waals surface area contributed by atoms with E-state index in [2.05, 4.69) is 25.8 Å². The van der Waals surface area contributed by atoms with E-state index >= 15 is 0 Å². The zero-order valence-electron chi connectivity index (χ0n) is 13.1. The van der Waals surface area contributed by atoms with Gasteiger partial charge in [0.25, 0.3) is 0 Å². The van der Waals surface area contributed by atoms with Crippen molar-refractivity contribution in [1.82, 2.24) is 4.90 Å². The summed E-state index contributed by atoms with van der Waals surface area (Å²) in [6, 6.07) is 5.11. The third-order valence-corrected chi connectivity index (χ3v) is 4.70. The molecule has 0 amide bonds. The summed E-state index contributed by atoms with van der Waals surface area (Å²) in [7, 11) is 0.326. The molecule has 1 aliphatic carbocycles. The number of halogens is 1. The molecule has 1 fully saturated rings. The highest BCUT2D eigenvalue weighted by Gasteiger charge is 2.28. The molecule has 0 aliphatic heterocycles.